The van der Waals surface area contributed by atoms with Gasteiger partial charge in [-0.1, -0.05) is 18.2 Å². The van der Waals surface area contributed by atoms with Crippen LogP contribution >= 0.6 is 0 Å². The van der Waals surface area contributed by atoms with Crippen molar-refractivity contribution in [2.24, 2.45) is 0 Å². The summed E-state index contributed by atoms with van der Waals surface area (Å²) in [6, 6.07) is 14.2. The smallest absolute Gasteiger partial charge is 0.240 e. The van der Waals surface area contributed by atoms with E-state index < -0.39 is 10.0 Å². The van der Waals surface area contributed by atoms with Gasteiger partial charge in [0.1, 0.15) is 17.1 Å². The molecule has 4 rings (SSSR count). The Morgan fingerprint density at radius 1 is 1.03 bits per heavy atom. The highest BCUT2D eigenvalue weighted by Gasteiger charge is 2.17. The number of fused-ring (bicyclic) bond motifs is 3. The highest BCUT2D eigenvalue weighted by molar-refractivity contribution is 7.89. The van der Waals surface area contributed by atoms with Gasteiger partial charge in [-0.25, -0.2) is 23.1 Å². The van der Waals surface area contributed by atoms with Gasteiger partial charge < -0.3 is 19.8 Å². The number of aryl methyl sites for hydroxylation is 1. The van der Waals surface area contributed by atoms with Crippen molar-refractivity contribution in [3.63, 3.8) is 0 Å². The summed E-state index contributed by atoms with van der Waals surface area (Å²) in [6.45, 7) is 1.54. The zero-order valence-corrected chi connectivity index (χ0v) is 20.1. The number of nitrogen functional groups attached to an aromatic ring is 1. The number of methoxy groups -OCH3 is 2. The second kappa shape index (κ2) is 10.4. The van der Waals surface area contributed by atoms with E-state index >= 15 is 0 Å². The van der Waals surface area contributed by atoms with Crippen LogP contribution < -0.4 is 15.2 Å². The molecule has 2 aromatic carbocycles. The number of para-hydroxylation sites is 1. The predicted octanol–water partition coefficient (Wildman–Crippen LogP) is 3.12. The number of benzene rings is 2. The number of anilines is 1. The van der Waals surface area contributed by atoms with Crippen LogP contribution in [0.3, 0.4) is 0 Å². The number of nitrogens with two attached hydrogens (primary N) is 1. The van der Waals surface area contributed by atoms with Gasteiger partial charge in [0, 0.05) is 32.0 Å². The summed E-state index contributed by atoms with van der Waals surface area (Å²) in [7, 11) is -0.374. The van der Waals surface area contributed by atoms with E-state index in [1.165, 1.54) is 12.1 Å². The molecule has 0 fully saturated rings. The number of hydrogen-bond donors (Lipinski definition) is 2. The van der Waals surface area contributed by atoms with Gasteiger partial charge in [0.05, 0.1) is 29.6 Å². The number of unbranched alkanes of at least 4 members (excludes halogenated alkanes) is 1. The minimum absolute atomic E-state index is 0.213. The van der Waals surface area contributed by atoms with Crippen molar-refractivity contribution in [1.29, 1.82) is 0 Å². The first-order valence-electron chi connectivity index (χ1n) is 11.1. The van der Waals surface area contributed by atoms with Gasteiger partial charge in [-0.15, -0.1) is 0 Å². The van der Waals surface area contributed by atoms with Crippen LogP contribution in [0, 0.1) is 0 Å². The first-order chi connectivity index (χ1) is 16.4. The normalized spacial score (nSPS) is 11.9. The molecule has 10 heteroatoms. The van der Waals surface area contributed by atoms with Crippen molar-refractivity contribution in [3.05, 3.63) is 54.4 Å². The monoisotopic (exact) mass is 483 g/mol. The molecule has 9 nitrogen and oxygen atoms in total. The lowest BCUT2D eigenvalue weighted by Crippen LogP contribution is -2.25. The molecule has 0 radical (unpaired) electrons. The summed E-state index contributed by atoms with van der Waals surface area (Å²) in [5.74, 6) is 1.89. The van der Waals surface area contributed by atoms with Crippen molar-refractivity contribution in [2.45, 2.75) is 30.7 Å². The highest BCUT2D eigenvalue weighted by Crippen LogP contribution is 2.29. The number of rotatable bonds is 11. The van der Waals surface area contributed by atoms with Gasteiger partial charge in [0.15, 0.2) is 5.82 Å². The molecule has 34 heavy (non-hydrogen) atoms. The average Bonchev–Trinajstić information content (AvgIpc) is 3.22. The van der Waals surface area contributed by atoms with Gasteiger partial charge in [0.25, 0.3) is 0 Å². The number of imidazole rings is 1. The molecular weight excluding hydrogens is 454 g/mol. The van der Waals surface area contributed by atoms with Crippen LogP contribution in [0.4, 0.5) is 5.82 Å². The Bertz CT molecular complexity index is 1380. The van der Waals surface area contributed by atoms with E-state index in [-0.39, 0.29) is 4.90 Å². The van der Waals surface area contributed by atoms with E-state index in [1.807, 2.05) is 24.3 Å². The van der Waals surface area contributed by atoms with Crippen molar-refractivity contribution >= 4 is 37.8 Å². The fourth-order valence-corrected chi connectivity index (χ4v) is 5.04. The summed E-state index contributed by atoms with van der Waals surface area (Å²) in [4.78, 5) is 9.48. The maximum absolute atomic E-state index is 12.6. The van der Waals surface area contributed by atoms with Gasteiger partial charge in [-0.3, -0.25) is 0 Å². The van der Waals surface area contributed by atoms with Gasteiger partial charge in [-0.2, -0.15) is 0 Å². The number of nitrogens with zero attached hydrogens (tertiary/aromatic N) is 3. The molecule has 4 aromatic rings. The largest absolute Gasteiger partial charge is 0.497 e. The molecule has 3 N–H and O–H groups in total. The molecule has 2 heterocycles. The predicted molar refractivity (Wildman–Crippen MR) is 132 cm³/mol. The Kier molecular flexibility index (Phi) is 7.30. The fourth-order valence-electron chi connectivity index (χ4n) is 3.97. The van der Waals surface area contributed by atoms with Crippen LogP contribution in [0.2, 0.25) is 0 Å². The molecule has 0 aliphatic carbocycles. The number of nitrogens with one attached hydrogen (secondary N) is 1. The lowest BCUT2D eigenvalue weighted by atomic mass is 10.2. The Labute approximate surface area is 199 Å². The molecule has 0 aliphatic heterocycles. The second-order valence-corrected chi connectivity index (χ2v) is 9.68. The number of ether oxygens (including phenoxy) is 2. The van der Waals surface area contributed by atoms with E-state index in [9.17, 15) is 8.42 Å². The van der Waals surface area contributed by atoms with Crippen molar-refractivity contribution in [2.75, 3.05) is 33.1 Å². The summed E-state index contributed by atoms with van der Waals surface area (Å²) in [5, 5.41) is 0.989. The van der Waals surface area contributed by atoms with E-state index in [1.54, 1.807) is 26.4 Å². The van der Waals surface area contributed by atoms with Crippen LogP contribution in [-0.2, 0) is 27.7 Å². The van der Waals surface area contributed by atoms with Gasteiger partial charge in [-0.05, 0) is 43.2 Å². The number of aromatic nitrogens is 3. The SMILES string of the molecule is COCCc1nc2c(N)nc3ccccc3c2n1CCCCNS(=O)(=O)c1ccc(OC)cc1. The van der Waals surface area contributed by atoms with Gasteiger partial charge >= 0.3 is 0 Å². The lowest BCUT2D eigenvalue weighted by molar-refractivity contribution is 0.199. The third-order valence-corrected chi connectivity index (χ3v) is 7.17. The molecule has 0 spiro atoms. The molecule has 0 amide bonds. The van der Waals surface area contributed by atoms with Crippen LogP contribution in [-0.4, -0.2) is 50.3 Å². The van der Waals surface area contributed by atoms with Crippen LogP contribution in [0.5, 0.6) is 5.75 Å². The van der Waals surface area contributed by atoms with Crippen molar-refractivity contribution < 1.29 is 17.9 Å². The zero-order chi connectivity index (χ0) is 24.1. The van der Waals surface area contributed by atoms with Crippen molar-refractivity contribution in [3.8, 4) is 5.75 Å². The fraction of sp³-hybridized carbons (Fsp3) is 0.333. The number of sulfonamides is 1. The summed E-state index contributed by atoms with van der Waals surface area (Å²) >= 11 is 0. The molecule has 0 unspecified atom stereocenters. The van der Waals surface area contributed by atoms with Crippen LogP contribution in [0.15, 0.2) is 53.4 Å². The van der Waals surface area contributed by atoms with E-state index in [0.29, 0.717) is 49.6 Å². The van der Waals surface area contributed by atoms with Crippen LogP contribution in [0.25, 0.3) is 21.9 Å². The summed E-state index contributed by atoms with van der Waals surface area (Å²) in [5.41, 5.74) is 8.68. The summed E-state index contributed by atoms with van der Waals surface area (Å²) < 4.78 is 40.3. The summed E-state index contributed by atoms with van der Waals surface area (Å²) in [6.07, 6.45) is 2.06. The molecular formula is C24H29N5O4S. The first kappa shape index (κ1) is 23.9. The molecule has 0 aliphatic rings. The third kappa shape index (κ3) is 4.98. The van der Waals surface area contributed by atoms with Crippen LogP contribution in [0.1, 0.15) is 18.7 Å². The molecule has 0 atom stereocenters. The molecule has 0 bridgehead atoms. The molecule has 0 saturated carbocycles. The Hall–Kier alpha value is -3.21. The number of hydrogen-bond acceptors (Lipinski definition) is 7. The van der Waals surface area contributed by atoms with E-state index in [2.05, 4.69) is 14.3 Å². The average molecular weight is 484 g/mol. The standard InChI is InChI=1S/C24H29N5O4S/c1-32-16-13-21-28-22-23(19-7-3-4-8-20(19)27-24(22)25)29(21)15-6-5-14-26-34(30,31)18-11-9-17(33-2)10-12-18/h3-4,7-12,26H,5-6,13-16H2,1-2H3,(H2,25,27). The Morgan fingerprint density at radius 3 is 2.53 bits per heavy atom. The maximum atomic E-state index is 12.6. The van der Waals surface area contributed by atoms with E-state index in [4.69, 9.17) is 20.2 Å². The van der Waals surface area contributed by atoms with Crippen molar-refractivity contribution in [1.82, 2.24) is 19.3 Å². The first-order valence-corrected chi connectivity index (χ1v) is 12.6. The number of pyridine rings is 1. The Balaban J connectivity index is 1.49. The molecule has 2 aromatic heterocycles. The quantitative estimate of drug-likeness (QED) is 0.314. The highest BCUT2D eigenvalue weighted by atomic mass is 32.2. The maximum Gasteiger partial charge on any atom is 0.240 e. The Morgan fingerprint density at radius 2 is 1.79 bits per heavy atom. The zero-order valence-electron chi connectivity index (χ0n) is 19.3. The van der Waals surface area contributed by atoms with Gasteiger partial charge in [0.2, 0.25) is 10.0 Å². The molecule has 0 saturated heterocycles. The second-order valence-electron chi connectivity index (χ2n) is 7.91. The topological polar surface area (TPSA) is 121 Å². The minimum atomic E-state index is -3.57. The van der Waals surface area contributed by atoms with E-state index in [0.717, 1.165) is 28.7 Å². The minimum Gasteiger partial charge on any atom is -0.497 e. The lowest BCUT2D eigenvalue weighted by Gasteiger charge is -2.11. The third-order valence-electron chi connectivity index (χ3n) is 5.69. The molecule has 180 valence electrons.